The standard InChI is InChI=1S/C20H27FN6O3.HI/c1-22-20(24-16-3-4-18-25-17(11-28-2)26-27(18)9-16)23-6-5-13-7-15(21)8-14-10-29-12-30-19(13)14;/h7-8,16H,3-6,9-12H2,1-2H3,(H2,22,23,24);1H. The molecule has 2 aliphatic rings. The molecular weight excluding hydrogens is 518 g/mol. The SMILES string of the molecule is CN=C(NCCc1cc(F)cc2c1OCOC2)NC1CCc2nc(COC)nn2C1.I. The number of hydrogen-bond acceptors (Lipinski definition) is 6. The molecule has 2 N–H and O–H groups in total. The summed E-state index contributed by atoms with van der Waals surface area (Å²) in [6.07, 6.45) is 2.40. The summed E-state index contributed by atoms with van der Waals surface area (Å²) in [4.78, 5) is 8.81. The van der Waals surface area contributed by atoms with Crippen molar-refractivity contribution in [3.05, 3.63) is 40.7 Å². The van der Waals surface area contributed by atoms with Crippen LogP contribution in [0.25, 0.3) is 0 Å². The minimum atomic E-state index is -0.279. The van der Waals surface area contributed by atoms with Gasteiger partial charge in [-0.05, 0) is 30.5 Å². The Morgan fingerprint density at radius 2 is 2.29 bits per heavy atom. The van der Waals surface area contributed by atoms with Gasteiger partial charge >= 0.3 is 0 Å². The van der Waals surface area contributed by atoms with E-state index in [0.717, 1.165) is 42.1 Å². The quantitative estimate of drug-likeness (QED) is 0.324. The topological polar surface area (TPSA) is 94.8 Å². The van der Waals surface area contributed by atoms with E-state index in [1.165, 1.54) is 12.1 Å². The fourth-order valence-corrected chi connectivity index (χ4v) is 3.81. The lowest BCUT2D eigenvalue weighted by Crippen LogP contribution is -2.47. The van der Waals surface area contributed by atoms with Crippen LogP contribution in [0.4, 0.5) is 4.39 Å². The second kappa shape index (κ2) is 11.0. The first-order chi connectivity index (χ1) is 14.7. The molecule has 0 bridgehead atoms. The number of guanidine groups is 1. The lowest BCUT2D eigenvalue weighted by atomic mass is 10.1. The Balaban J connectivity index is 0.00000272. The molecule has 3 heterocycles. The van der Waals surface area contributed by atoms with E-state index in [1.54, 1.807) is 14.2 Å². The molecule has 0 saturated carbocycles. The minimum Gasteiger partial charge on any atom is -0.467 e. The molecule has 0 aliphatic carbocycles. The van der Waals surface area contributed by atoms with E-state index in [1.807, 2.05) is 4.68 Å². The predicted molar refractivity (Wildman–Crippen MR) is 123 cm³/mol. The number of aryl methyl sites for hydroxylation is 1. The monoisotopic (exact) mass is 546 g/mol. The van der Waals surface area contributed by atoms with E-state index < -0.39 is 0 Å². The highest BCUT2D eigenvalue weighted by Crippen LogP contribution is 2.29. The Morgan fingerprint density at radius 1 is 1.42 bits per heavy atom. The molecule has 0 spiro atoms. The van der Waals surface area contributed by atoms with Crippen molar-refractivity contribution in [2.24, 2.45) is 4.99 Å². The zero-order chi connectivity index (χ0) is 20.9. The lowest BCUT2D eigenvalue weighted by Gasteiger charge is -2.25. The van der Waals surface area contributed by atoms with E-state index in [2.05, 4.69) is 25.7 Å². The molecule has 1 aromatic carbocycles. The maximum Gasteiger partial charge on any atom is 0.191 e. The first-order valence-corrected chi connectivity index (χ1v) is 10.1. The number of nitrogens with one attached hydrogen (secondary N) is 2. The van der Waals surface area contributed by atoms with Crippen LogP contribution in [0, 0.1) is 5.82 Å². The number of nitrogens with zero attached hydrogens (tertiary/aromatic N) is 4. The Hall–Kier alpha value is -1.99. The predicted octanol–water partition coefficient (Wildman–Crippen LogP) is 1.77. The van der Waals surface area contributed by atoms with Crippen LogP contribution in [0.5, 0.6) is 5.75 Å². The fraction of sp³-hybridized carbons (Fsp3) is 0.550. The average Bonchev–Trinajstić information content (AvgIpc) is 3.14. The molecule has 31 heavy (non-hydrogen) atoms. The van der Waals surface area contributed by atoms with Crippen LogP contribution in [0.2, 0.25) is 0 Å². The van der Waals surface area contributed by atoms with E-state index in [0.29, 0.717) is 38.0 Å². The molecule has 170 valence electrons. The third-order valence-corrected chi connectivity index (χ3v) is 5.18. The van der Waals surface area contributed by atoms with Crippen LogP contribution >= 0.6 is 24.0 Å². The second-order valence-corrected chi connectivity index (χ2v) is 7.35. The van der Waals surface area contributed by atoms with Crippen LogP contribution in [-0.2, 0) is 42.1 Å². The Labute approximate surface area is 197 Å². The molecule has 1 atom stereocenters. The molecule has 0 fully saturated rings. The summed E-state index contributed by atoms with van der Waals surface area (Å²) >= 11 is 0. The van der Waals surface area contributed by atoms with Crippen molar-refractivity contribution in [2.45, 2.75) is 45.1 Å². The number of hydrogen-bond donors (Lipinski definition) is 2. The van der Waals surface area contributed by atoms with Gasteiger partial charge in [0, 0.05) is 38.7 Å². The number of halogens is 2. The third kappa shape index (κ3) is 5.83. The van der Waals surface area contributed by atoms with Gasteiger partial charge in [-0.15, -0.1) is 24.0 Å². The summed E-state index contributed by atoms with van der Waals surface area (Å²) in [5.41, 5.74) is 1.57. The summed E-state index contributed by atoms with van der Waals surface area (Å²) in [5.74, 6) is 2.85. The number of fused-ring (bicyclic) bond motifs is 2. The van der Waals surface area contributed by atoms with Gasteiger partial charge in [0.25, 0.3) is 0 Å². The molecule has 1 unspecified atom stereocenters. The molecular formula is C20H28FIN6O3. The van der Waals surface area contributed by atoms with Gasteiger partial charge in [0.15, 0.2) is 18.6 Å². The van der Waals surface area contributed by atoms with Crippen LogP contribution in [0.1, 0.15) is 29.2 Å². The molecule has 2 aromatic rings. The van der Waals surface area contributed by atoms with Crippen molar-refractivity contribution < 1.29 is 18.6 Å². The van der Waals surface area contributed by atoms with Gasteiger partial charge in [-0.2, -0.15) is 5.10 Å². The normalized spacial score (nSPS) is 17.8. The van der Waals surface area contributed by atoms with Gasteiger partial charge in [-0.25, -0.2) is 14.1 Å². The van der Waals surface area contributed by atoms with E-state index in [4.69, 9.17) is 14.2 Å². The van der Waals surface area contributed by atoms with Crippen molar-refractivity contribution in [2.75, 3.05) is 27.5 Å². The summed E-state index contributed by atoms with van der Waals surface area (Å²) in [7, 11) is 3.37. The Bertz CT molecular complexity index is 923. The molecule has 11 heteroatoms. The number of aliphatic imine (C=N–C) groups is 1. The third-order valence-electron chi connectivity index (χ3n) is 5.18. The average molecular weight is 546 g/mol. The van der Waals surface area contributed by atoms with Gasteiger partial charge in [0.1, 0.15) is 24.0 Å². The smallest absolute Gasteiger partial charge is 0.191 e. The zero-order valence-corrected chi connectivity index (χ0v) is 20.0. The van der Waals surface area contributed by atoms with Gasteiger partial charge in [-0.3, -0.25) is 4.99 Å². The maximum absolute atomic E-state index is 13.9. The first kappa shape index (κ1) is 23.7. The second-order valence-electron chi connectivity index (χ2n) is 7.35. The summed E-state index contributed by atoms with van der Waals surface area (Å²) in [5, 5.41) is 11.2. The first-order valence-electron chi connectivity index (χ1n) is 10.1. The molecule has 9 nitrogen and oxygen atoms in total. The Morgan fingerprint density at radius 3 is 3.10 bits per heavy atom. The Kier molecular flexibility index (Phi) is 8.43. The van der Waals surface area contributed by atoms with Crippen molar-refractivity contribution in [3.63, 3.8) is 0 Å². The van der Waals surface area contributed by atoms with Gasteiger partial charge in [0.05, 0.1) is 13.2 Å². The molecule has 1 aromatic heterocycles. The van der Waals surface area contributed by atoms with Crippen LogP contribution < -0.4 is 15.4 Å². The number of ether oxygens (including phenoxy) is 3. The molecule has 0 amide bonds. The van der Waals surface area contributed by atoms with E-state index in [-0.39, 0.29) is 42.6 Å². The highest BCUT2D eigenvalue weighted by molar-refractivity contribution is 14.0. The van der Waals surface area contributed by atoms with Crippen molar-refractivity contribution in [1.82, 2.24) is 25.4 Å². The lowest BCUT2D eigenvalue weighted by molar-refractivity contribution is -0.0172. The highest BCUT2D eigenvalue weighted by Gasteiger charge is 2.22. The van der Waals surface area contributed by atoms with Crippen molar-refractivity contribution in [3.8, 4) is 5.75 Å². The number of benzene rings is 1. The molecule has 0 saturated heterocycles. The fourth-order valence-electron chi connectivity index (χ4n) is 3.81. The number of aromatic nitrogens is 3. The molecule has 4 rings (SSSR count). The van der Waals surface area contributed by atoms with Crippen LogP contribution in [-0.4, -0.2) is 54.3 Å². The van der Waals surface area contributed by atoms with Crippen LogP contribution in [0.15, 0.2) is 17.1 Å². The molecule has 2 aliphatic heterocycles. The number of methoxy groups -OCH3 is 1. The van der Waals surface area contributed by atoms with Crippen molar-refractivity contribution >= 4 is 29.9 Å². The summed E-state index contributed by atoms with van der Waals surface area (Å²) in [6.45, 7) is 2.30. The van der Waals surface area contributed by atoms with E-state index in [9.17, 15) is 4.39 Å². The zero-order valence-electron chi connectivity index (χ0n) is 17.7. The van der Waals surface area contributed by atoms with Crippen LogP contribution in [0.3, 0.4) is 0 Å². The highest BCUT2D eigenvalue weighted by atomic mass is 127. The largest absolute Gasteiger partial charge is 0.467 e. The minimum absolute atomic E-state index is 0. The van der Waals surface area contributed by atoms with Gasteiger partial charge in [0.2, 0.25) is 0 Å². The van der Waals surface area contributed by atoms with Gasteiger partial charge < -0.3 is 24.8 Å². The summed E-state index contributed by atoms with van der Waals surface area (Å²) < 4.78 is 31.8. The number of rotatable bonds is 6. The van der Waals surface area contributed by atoms with Gasteiger partial charge in [-0.1, -0.05) is 0 Å². The maximum atomic E-state index is 13.9. The summed E-state index contributed by atoms with van der Waals surface area (Å²) in [6, 6.07) is 3.18. The van der Waals surface area contributed by atoms with Crippen molar-refractivity contribution in [1.29, 1.82) is 0 Å². The van der Waals surface area contributed by atoms with E-state index >= 15 is 0 Å². The molecule has 0 radical (unpaired) electrons.